The molecule has 104 valence electrons. The van der Waals surface area contributed by atoms with Crippen LogP contribution in [0.25, 0.3) is 0 Å². The lowest BCUT2D eigenvalue weighted by Crippen LogP contribution is -2.27. The molecular formula is C13H15F3N2O. The van der Waals surface area contributed by atoms with Crippen LogP contribution >= 0.6 is 0 Å². The summed E-state index contributed by atoms with van der Waals surface area (Å²) in [5, 5.41) is 8.96. The summed E-state index contributed by atoms with van der Waals surface area (Å²) >= 11 is 0. The number of nitrogens with zero attached hydrogens (tertiary/aromatic N) is 2. The summed E-state index contributed by atoms with van der Waals surface area (Å²) in [5.74, 6) is 0. The van der Waals surface area contributed by atoms with E-state index in [-0.39, 0.29) is 12.6 Å². The molecule has 1 rings (SSSR count). The third-order valence-corrected chi connectivity index (χ3v) is 2.65. The van der Waals surface area contributed by atoms with Gasteiger partial charge in [0, 0.05) is 7.11 Å². The van der Waals surface area contributed by atoms with E-state index in [0.717, 1.165) is 12.1 Å². The van der Waals surface area contributed by atoms with Crippen LogP contribution in [0.1, 0.15) is 18.1 Å². The molecule has 0 radical (unpaired) electrons. The fourth-order valence-electron chi connectivity index (χ4n) is 1.59. The summed E-state index contributed by atoms with van der Waals surface area (Å²) in [6.07, 6.45) is -2.58. The maximum atomic E-state index is 12.6. The van der Waals surface area contributed by atoms with Crippen molar-refractivity contribution < 1.29 is 17.9 Å². The smallest absolute Gasteiger partial charge is 0.380 e. The Bertz CT molecular complexity index is 454. The topological polar surface area (TPSA) is 36.3 Å². The Hall–Kier alpha value is -1.74. The number of nitriles is 1. The Labute approximate surface area is 110 Å². The van der Waals surface area contributed by atoms with Gasteiger partial charge in [0.05, 0.1) is 24.8 Å². The number of ether oxygens (including phenoxy) is 1. The molecular weight excluding hydrogens is 257 g/mol. The van der Waals surface area contributed by atoms with Crippen molar-refractivity contribution in [3.63, 3.8) is 0 Å². The van der Waals surface area contributed by atoms with Crippen LogP contribution < -0.4 is 0 Å². The van der Waals surface area contributed by atoms with Gasteiger partial charge in [0.25, 0.3) is 0 Å². The highest BCUT2D eigenvalue weighted by atomic mass is 19.4. The second kappa shape index (κ2) is 6.43. The fraction of sp³-hybridized carbons (Fsp3) is 0.462. The Morgan fingerprint density at radius 2 is 2.11 bits per heavy atom. The molecule has 1 aromatic carbocycles. The van der Waals surface area contributed by atoms with Crippen LogP contribution in [-0.4, -0.2) is 24.7 Å². The quantitative estimate of drug-likeness (QED) is 0.610. The standard InChI is InChI=1S/C13H15F3N2O/c1-10(19-2)7-18(9-17)8-11-4-3-5-12(6-11)13(14,15)16/h3-6,10H,7-8H2,1-2H3. The summed E-state index contributed by atoms with van der Waals surface area (Å²) in [4.78, 5) is 1.36. The van der Waals surface area contributed by atoms with Gasteiger partial charge in [-0.05, 0) is 24.6 Å². The van der Waals surface area contributed by atoms with Crippen molar-refractivity contribution in [1.29, 1.82) is 5.26 Å². The molecule has 0 saturated carbocycles. The zero-order valence-electron chi connectivity index (χ0n) is 10.7. The summed E-state index contributed by atoms with van der Waals surface area (Å²) in [5.41, 5.74) is -0.262. The lowest BCUT2D eigenvalue weighted by atomic mass is 10.1. The molecule has 0 aliphatic rings. The van der Waals surface area contributed by atoms with Crippen molar-refractivity contribution >= 4 is 0 Å². The third kappa shape index (κ3) is 4.79. The van der Waals surface area contributed by atoms with E-state index in [1.807, 2.05) is 6.19 Å². The third-order valence-electron chi connectivity index (χ3n) is 2.65. The highest BCUT2D eigenvalue weighted by Gasteiger charge is 2.30. The van der Waals surface area contributed by atoms with Crippen molar-refractivity contribution in [1.82, 2.24) is 4.90 Å². The number of methoxy groups -OCH3 is 1. The first kappa shape index (κ1) is 15.3. The maximum Gasteiger partial charge on any atom is 0.416 e. The molecule has 0 aliphatic carbocycles. The van der Waals surface area contributed by atoms with E-state index in [0.29, 0.717) is 12.1 Å². The molecule has 0 fully saturated rings. The molecule has 0 N–H and O–H groups in total. The van der Waals surface area contributed by atoms with Crippen LogP contribution in [0.5, 0.6) is 0 Å². The van der Waals surface area contributed by atoms with Crippen LogP contribution in [0, 0.1) is 11.5 Å². The van der Waals surface area contributed by atoms with Gasteiger partial charge in [-0.2, -0.15) is 18.4 Å². The Balaban J connectivity index is 2.78. The monoisotopic (exact) mass is 272 g/mol. The van der Waals surface area contributed by atoms with Gasteiger partial charge in [0.2, 0.25) is 0 Å². The van der Waals surface area contributed by atoms with E-state index in [4.69, 9.17) is 10.00 Å². The van der Waals surface area contributed by atoms with Crippen molar-refractivity contribution in [3.05, 3.63) is 35.4 Å². The van der Waals surface area contributed by atoms with Gasteiger partial charge in [-0.15, -0.1) is 0 Å². The number of rotatable bonds is 5. The van der Waals surface area contributed by atoms with Gasteiger partial charge in [0.1, 0.15) is 0 Å². The molecule has 0 saturated heterocycles. The predicted octanol–water partition coefficient (Wildman–Crippen LogP) is 3.02. The molecule has 0 aliphatic heterocycles. The number of alkyl halides is 3. The molecule has 0 aromatic heterocycles. The number of hydrogen-bond acceptors (Lipinski definition) is 3. The van der Waals surface area contributed by atoms with E-state index in [9.17, 15) is 13.2 Å². The zero-order chi connectivity index (χ0) is 14.5. The maximum absolute atomic E-state index is 12.6. The average molecular weight is 272 g/mol. The highest BCUT2D eigenvalue weighted by Crippen LogP contribution is 2.29. The molecule has 1 atom stereocenters. The molecule has 3 nitrogen and oxygen atoms in total. The number of hydrogen-bond donors (Lipinski definition) is 0. The van der Waals surface area contributed by atoms with E-state index in [1.54, 1.807) is 13.0 Å². The second-order valence-corrected chi connectivity index (χ2v) is 4.22. The van der Waals surface area contributed by atoms with Crippen LogP contribution in [-0.2, 0) is 17.5 Å². The van der Waals surface area contributed by atoms with E-state index >= 15 is 0 Å². The van der Waals surface area contributed by atoms with Gasteiger partial charge in [-0.1, -0.05) is 12.1 Å². The van der Waals surface area contributed by atoms with Crippen molar-refractivity contribution in [2.45, 2.75) is 25.7 Å². The minimum atomic E-state index is -4.37. The molecule has 0 spiro atoms. The number of benzene rings is 1. The molecule has 0 amide bonds. The van der Waals surface area contributed by atoms with E-state index in [2.05, 4.69) is 0 Å². The Morgan fingerprint density at radius 3 is 2.63 bits per heavy atom. The zero-order valence-corrected chi connectivity index (χ0v) is 10.7. The Kier molecular flexibility index (Phi) is 5.19. The fourth-order valence-corrected chi connectivity index (χ4v) is 1.59. The first-order valence-electron chi connectivity index (χ1n) is 5.70. The number of halogens is 3. The van der Waals surface area contributed by atoms with Crippen molar-refractivity contribution in [3.8, 4) is 6.19 Å². The predicted molar refractivity (Wildman–Crippen MR) is 63.9 cm³/mol. The Morgan fingerprint density at radius 1 is 1.42 bits per heavy atom. The molecule has 0 heterocycles. The van der Waals surface area contributed by atoms with Crippen LogP contribution in [0.2, 0.25) is 0 Å². The van der Waals surface area contributed by atoms with E-state index < -0.39 is 11.7 Å². The van der Waals surface area contributed by atoms with Gasteiger partial charge >= 0.3 is 6.18 Å². The van der Waals surface area contributed by atoms with Gasteiger partial charge in [-0.25, -0.2) is 0 Å². The summed E-state index contributed by atoms with van der Waals surface area (Å²) < 4.78 is 42.7. The SMILES string of the molecule is COC(C)CN(C#N)Cc1cccc(C(F)(F)F)c1. The first-order chi connectivity index (χ1) is 8.86. The second-order valence-electron chi connectivity index (χ2n) is 4.22. The van der Waals surface area contributed by atoms with Crippen LogP contribution in [0.4, 0.5) is 13.2 Å². The van der Waals surface area contributed by atoms with E-state index in [1.165, 1.54) is 18.1 Å². The van der Waals surface area contributed by atoms with Gasteiger partial charge in [-0.3, -0.25) is 0 Å². The molecule has 1 unspecified atom stereocenters. The van der Waals surface area contributed by atoms with Crippen molar-refractivity contribution in [2.24, 2.45) is 0 Å². The summed E-state index contributed by atoms with van der Waals surface area (Å²) in [6.45, 7) is 2.26. The minimum Gasteiger partial charge on any atom is -0.380 e. The van der Waals surface area contributed by atoms with Crippen LogP contribution in [0.3, 0.4) is 0 Å². The summed E-state index contributed by atoms with van der Waals surface area (Å²) in [6, 6.07) is 4.98. The molecule has 6 heteroatoms. The average Bonchev–Trinajstić information content (AvgIpc) is 2.37. The minimum absolute atomic E-state index is 0.133. The molecule has 1 aromatic rings. The summed E-state index contributed by atoms with van der Waals surface area (Å²) in [7, 11) is 1.52. The van der Waals surface area contributed by atoms with Gasteiger partial charge < -0.3 is 9.64 Å². The van der Waals surface area contributed by atoms with Gasteiger partial charge in [0.15, 0.2) is 6.19 Å². The lowest BCUT2D eigenvalue weighted by Gasteiger charge is -2.19. The highest BCUT2D eigenvalue weighted by molar-refractivity contribution is 5.25. The van der Waals surface area contributed by atoms with Crippen LogP contribution in [0.15, 0.2) is 24.3 Å². The lowest BCUT2D eigenvalue weighted by molar-refractivity contribution is -0.137. The first-order valence-corrected chi connectivity index (χ1v) is 5.70. The van der Waals surface area contributed by atoms with Crippen molar-refractivity contribution in [2.75, 3.05) is 13.7 Å². The molecule has 19 heavy (non-hydrogen) atoms. The largest absolute Gasteiger partial charge is 0.416 e. The molecule has 0 bridgehead atoms. The normalized spacial score (nSPS) is 12.8.